The first-order valence-corrected chi connectivity index (χ1v) is 9.44. The molecule has 0 unspecified atom stereocenters. The smallest absolute Gasteiger partial charge is 0.335 e. The van der Waals surface area contributed by atoms with Gasteiger partial charge in [0.15, 0.2) is 0 Å². The minimum atomic E-state index is -0.340. The minimum Gasteiger partial charge on any atom is -0.466 e. The zero-order valence-corrected chi connectivity index (χ0v) is 15.9. The number of para-hydroxylation sites is 1. The van der Waals surface area contributed by atoms with Crippen LogP contribution in [0.5, 0.6) is 0 Å². The van der Waals surface area contributed by atoms with Gasteiger partial charge in [0.1, 0.15) is 0 Å². The summed E-state index contributed by atoms with van der Waals surface area (Å²) in [6.45, 7) is 0.449. The largest absolute Gasteiger partial charge is 0.466 e. The fraction of sp³-hybridized carbons (Fsp3) is 0.0833. The molecule has 0 amide bonds. The van der Waals surface area contributed by atoms with E-state index in [2.05, 4.69) is 22.8 Å². The first kappa shape index (κ1) is 17.3. The van der Waals surface area contributed by atoms with Gasteiger partial charge >= 0.3 is 5.97 Å². The van der Waals surface area contributed by atoms with Crippen molar-refractivity contribution in [1.82, 2.24) is 14.3 Å². The van der Waals surface area contributed by atoms with Crippen LogP contribution in [0.25, 0.3) is 34.3 Å². The fourth-order valence-corrected chi connectivity index (χ4v) is 3.83. The lowest BCUT2D eigenvalue weighted by Gasteiger charge is -2.12. The van der Waals surface area contributed by atoms with E-state index in [0.29, 0.717) is 12.1 Å². The zero-order chi connectivity index (χ0) is 19.8. The summed E-state index contributed by atoms with van der Waals surface area (Å²) < 4.78 is 9.02. The first-order valence-electron chi connectivity index (χ1n) is 9.44. The number of fused-ring (bicyclic) bond motifs is 3. The van der Waals surface area contributed by atoms with Crippen molar-refractivity contribution in [3.05, 3.63) is 90.3 Å². The molecule has 2 aromatic heterocycles. The van der Waals surface area contributed by atoms with Crippen molar-refractivity contribution in [2.75, 3.05) is 7.11 Å². The normalized spacial score (nSPS) is 12.5. The summed E-state index contributed by atoms with van der Waals surface area (Å²) in [5.74, 6) is -0.340. The lowest BCUT2D eigenvalue weighted by atomic mass is 10.0. The Kier molecular flexibility index (Phi) is 4.13. The summed E-state index contributed by atoms with van der Waals surface area (Å²) >= 11 is 0. The number of hydrogen-bond acceptors (Lipinski definition) is 3. The second-order valence-electron chi connectivity index (χ2n) is 6.90. The van der Waals surface area contributed by atoms with E-state index < -0.39 is 0 Å². The van der Waals surface area contributed by atoms with E-state index in [1.54, 1.807) is 0 Å². The molecule has 2 aromatic carbocycles. The van der Waals surface area contributed by atoms with Crippen LogP contribution in [0.2, 0.25) is 0 Å². The quantitative estimate of drug-likeness (QED) is 0.488. The van der Waals surface area contributed by atoms with E-state index in [0.717, 1.165) is 33.9 Å². The molecule has 0 spiro atoms. The van der Waals surface area contributed by atoms with Gasteiger partial charge in [0.25, 0.3) is 0 Å². The van der Waals surface area contributed by atoms with Gasteiger partial charge in [-0.1, -0.05) is 48.5 Å². The predicted molar refractivity (Wildman–Crippen MR) is 112 cm³/mol. The molecular weight excluding hydrogens is 362 g/mol. The highest BCUT2D eigenvalue weighted by atomic mass is 16.5. The Morgan fingerprint density at radius 2 is 1.69 bits per heavy atom. The number of rotatable bonds is 3. The van der Waals surface area contributed by atoms with E-state index in [1.165, 1.54) is 7.11 Å². The Labute approximate surface area is 168 Å². The number of nitrogens with zero attached hydrogens (tertiary/aromatic N) is 3. The number of carbonyl (C=O) groups excluding carboxylic acids is 1. The van der Waals surface area contributed by atoms with E-state index >= 15 is 0 Å². The maximum absolute atomic E-state index is 12.4. The summed E-state index contributed by atoms with van der Waals surface area (Å²) in [7, 11) is 1.41. The van der Waals surface area contributed by atoms with E-state index in [9.17, 15) is 4.79 Å². The van der Waals surface area contributed by atoms with Crippen molar-refractivity contribution in [2.45, 2.75) is 6.54 Å². The highest BCUT2D eigenvalue weighted by molar-refractivity contribution is 5.97. The molecule has 5 heteroatoms. The van der Waals surface area contributed by atoms with Crippen molar-refractivity contribution in [3.8, 4) is 28.2 Å². The van der Waals surface area contributed by atoms with Gasteiger partial charge in [0.05, 0.1) is 47.6 Å². The summed E-state index contributed by atoms with van der Waals surface area (Å²) in [6, 6.07) is 24.3. The van der Waals surface area contributed by atoms with E-state index in [-0.39, 0.29) is 5.97 Å². The van der Waals surface area contributed by atoms with Crippen LogP contribution < -0.4 is 0 Å². The summed E-state index contributed by atoms with van der Waals surface area (Å²) in [5.41, 5.74) is 6.37. The zero-order valence-electron chi connectivity index (χ0n) is 15.9. The average molecular weight is 381 g/mol. The molecule has 142 valence electrons. The number of carbonyl (C=O) groups is 1. The van der Waals surface area contributed by atoms with Crippen molar-refractivity contribution in [1.29, 1.82) is 0 Å². The lowest BCUT2D eigenvalue weighted by Crippen LogP contribution is -2.11. The Bertz CT molecular complexity index is 1220. The maximum atomic E-state index is 12.4. The van der Waals surface area contributed by atoms with Crippen molar-refractivity contribution < 1.29 is 9.53 Å². The number of esters is 1. The van der Waals surface area contributed by atoms with Gasteiger partial charge in [-0.2, -0.15) is 5.10 Å². The summed E-state index contributed by atoms with van der Waals surface area (Å²) in [4.78, 5) is 12.4. The molecule has 29 heavy (non-hydrogen) atoms. The third-order valence-electron chi connectivity index (χ3n) is 5.15. The molecule has 0 saturated carbocycles. The van der Waals surface area contributed by atoms with Crippen molar-refractivity contribution >= 4 is 12.0 Å². The Balaban J connectivity index is 1.86. The summed E-state index contributed by atoms with van der Waals surface area (Å²) in [6.07, 6.45) is 3.83. The highest BCUT2D eigenvalue weighted by Crippen LogP contribution is 2.39. The number of benzene rings is 2. The monoisotopic (exact) mass is 381 g/mol. The molecular formula is C24H19N3O2. The maximum Gasteiger partial charge on any atom is 0.335 e. The third kappa shape index (κ3) is 2.88. The molecule has 5 nitrogen and oxygen atoms in total. The second-order valence-corrected chi connectivity index (χ2v) is 6.90. The van der Waals surface area contributed by atoms with E-state index in [4.69, 9.17) is 9.84 Å². The van der Waals surface area contributed by atoms with Gasteiger partial charge in [-0.25, -0.2) is 9.48 Å². The second kappa shape index (κ2) is 6.95. The number of hydrogen-bond donors (Lipinski definition) is 0. The van der Waals surface area contributed by atoms with Gasteiger partial charge < -0.3 is 9.30 Å². The Hall–Kier alpha value is -3.86. The molecule has 0 fully saturated rings. The number of aromatic nitrogens is 3. The highest BCUT2D eigenvalue weighted by Gasteiger charge is 2.27. The SMILES string of the molecule is COC(=O)C1=Cc2nn(-c3ccccc3)c(-c3ccccc3)c2-c2cccn2C1. The fourth-order valence-electron chi connectivity index (χ4n) is 3.83. The molecule has 4 aromatic rings. The van der Waals surface area contributed by atoms with Crippen LogP contribution in [0.15, 0.2) is 84.6 Å². The average Bonchev–Trinajstić information content (AvgIpc) is 3.35. The lowest BCUT2D eigenvalue weighted by molar-refractivity contribution is -0.136. The third-order valence-corrected chi connectivity index (χ3v) is 5.15. The van der Waals surface area contributed by atoms with Crippen LogP contribution in [-0.4, -0.2) is 27.4 Å². The Morgan fingerprint density at radius 1 is 0.966 bits per heavy atom. The predicted octanol–water partition coefficient (Wildman–Crippen LogP) is 4.58. The Morgan fingerprint density at radius 3 is 2.41 bits per heavy atom. The van der Waals surface area contributed by atoms with Gasteiger partial charge in [0, 0.05) is 11.8 Å². The van der Waals surface area contributed by atoms with E-state index in [1.807, 2.05) is 71.6 Å². The molecule has 0 radical (unpaired) electrons. The topological polar surface area (TPSA) is 49.0 Å². The molecule has 0 aliphatic carbocycles. The van der Waals surface area contributed by atoms with Crippen LogP contribution in [0.4, 0.5) is 0 Å². The van der Waals surface area contributed by atoms with Gasteiger partial charge in [-0.15, -0.1) is 0 Å². The molecule has 3 heterocycles. The molecule has 0 atom stereocenters. The van der Waals surface area contributed by atoms with Crippen LogP contribution in [-0.2, 0) is 16.1 Å². The molecule has 1 aliphatic rings. The molecule has 0 bridgehead atoms. The molecule has 5 rings (SSSR count). The standard InChI is InChI=1S/C24H19N3O2/c1-29-24(28)18-15-20-22(21-13-8-14-26(21)16-18)23(17-9-4-2-5-10-17)27(25-20)19-11-6-3-7-12-19/h2-15H,16H2,1H3. The number of methoxy groups -OCH3 is 1. The van der Waals surface area contributed by atoms with Gasteiger partial charge in [0.2, 0.25) is 0 Å². The van der Waals surface area contributed by atoms with Crippen molar-refractivity contribution in [2.24, 2.45) is 0 Å². The number of ether oxygens (including phenoxy) is 1. The van der Waals surface area contributed by atoms with Crippen LogP contribution in [0, 0.1) is 0 Å². The molecule has 1 aliphatic heterocycles. The van der Waals surface area contributed by atoms with Crippen LogP contribution >= 0.6 is 0 Å². The van der Waals surface area contributed by atoms with Crippen LogP contribution in [0.3, 0.4) is 0 Å². The summed E-state index contributed by atoms with van der Waals surface area (Å²) in [5, 5.41) is 4.92. The van der Waals surface area contributed by atoms with Crippen LogP contribution in [0.1, 0.15) is 5.69 Å². The van der Waals surface area contributed by atoms with Gasteiger partial charge in [-0.05, 0) is 30.3 Å². The minimum absolute atomic E-state index is 0.340. The van der Waals surface area contributed by atoms with Crippen molar-refractivity contribution in [3.63, 3.8) is 0 Å². The first-order chi connectivity index (χ1) is 14.3. The molecule has 0 saturated heterocycles. The molecule has 0 N–H and O–H groups in total. The van der Waals surface area contributed by atoms with Gasteiger partial charge in [-0.3, -0.25) is 0 Å².